The highest BCUT2D eigenvalue weighted by Crippen LogP contribution is 2.26. The Morgan fingerprint density at radius 2 is 1.76 bits per heavy atom. The van der Waals surface area contributed by atoms with E-state index in [4.69, 9.17) is 0 Å². The number of halogens is 2. The molecule has 1 aromatic heterocycles. The fraction of sp³-hybridized carbons (Fsp3) is 0.160. The van der Waals surface area contributed by atoms with E-state index < -0.39 is 17.7 Å². The summed E-state index contributed by atoms with van der Waals surface area (Å²) in [7, 11) is 0. The standard InChI is InChI=1S/C25H23F2N5OS/c1-16-7-10-20(11-8-16)32-23(14-28-24(33)29-22-12-9-19(26)13-21(22)27)30-31-25(32)34-15-18-6-4-3-5-17(18)2/h3-13H,14-15H2,1-2H3,(H2,28,29,33). The first-order valence-corrected chi connectivity index (χ1v) is 11.6. The predicted molar refractivity (Wildman–Crippen MR) is 129 cm³/mol. The number of carbonyl (C=O) groups excluding carboxylic acids is 1. The summed E-state index contributed by atoms with van der Waals surface area (Å²) in [4.78, 5) is 12.3. The number of hydrogen-bond acceptors (Lipinski definition) is 4. The van der Waals surface area contributed by atoms with Gasteiger partial charge in [0.05, 0.1) is 12.2 Å². The number of nitrogens with zero attached hydrogens (tertiary/aromatic N) is 3. The lowest BCUT2D eigenvalue weighted by molar-refractivity contribution is 0.251. The van der Waals surface area contributed by atoms with Crippen molar-refractivity contribution in [1.82, 2.24) is 20.1 Å². The van der Waals surface area contributed by atoms with Gasteiger partial charge >= 0.3 is 6.03 Å². The molecule has 9 heteroatoms. The van der Waals surface area contributed by atoms with Gasteiger partial charge in [0.1, 0.15) is 11.6 Å². The molecule has 2 amide bonds. The highest BCUT2D eigenvalue weighted by atomic mass is 32.2. The van der Waals surface area contributed by atoms with Crippen LogP contribution in [0.25, 0.3) is 5.69 Å². The van der Waals surface area contributed by atoms with Crippen LogP contribution in [-0.2, 0) is 12.3 Å². The molecule has 0 aliphatic heterocycles. The molecule has 3 aromatic carbocycles. The largest absolute Gasteiger partial charge is 0.331 e. The van der Waals surface area contributed by atoms with Crippen LogP contribution in [0.3, 0.4) is 0 Å². The summed E-state index contributed by atoms with van der Waals surface area (Å²) in [6.45, 7) is 4.13. The highest BCUT2D eigenvalue weighted by Gasteiger charge is 2.16. The van der Waals surface area contributed by atoms with E-state index in [0.29, 0.717) is 22.8 Å². The predicted octanol–water partition coefficient (Wildman–Crippen LogP) is 5.78. The van der Waals surface area contributed by atoms with Crippen LogP contribution in [0, 0.1) is 25.5 Å². The van der Waals surface area contributed by atoms with E-state index in [9.17, 15) is 13.6 Å². The average Bonchev–Trinajstić information content (AvgIpc) is 3.22. The van der Waals surface area contributed by atoms with Crippen LogP contribution in [0.5, 0.6) is 0 Å². The number of amides is 2. The van der Waals surface area contributed by atoms with Gasteiger partial charge in [0.25, 0.3) is 0 Å². The third-order valence-electron chi connectivity index (χ3n) is 5.20. The van der Waals surface area contributed by atoms with Crippen LogP contribution in [-0.4, -0.2) is 20.8 Å². The maximum Gasteiger partial charge on any atom is 0.319 e. The molecule has 2 N–H and O–H groups in total. The molecule has 174 valence electrons. The molecular formula is C25H23F2N5OS. The highest BCUT2D eigenvalue weighted by molar-refractivity contribution is 7.98. The van der Waals surface area contributed by atoms with Gasteiger partial charge in [-0.15, -0.1) is 10.2 Å². The molecule has 0 atom stereocenters. The SMILES string of the molecule is Cc1ccc(-n2c(CNC(=O)Nc3ccc(F)cc3F)nnc2SCc2ccccc2C)cc1. The lowest BCUT2D eigenvalue weighted by Crippen LogP contribution is -2.29. The molecule has 0 unspecified atom stereocenters. The Kier molecular flexibility index (Phi) is 7.22. The van der Waals surface area contributed by atoms with Crippen LogP contribution < -0.4 is 10.6 Å². The third-order valence-corrected chi connectivity index (χ3v) is 6.17. The number of thioether (sulfide) groups is 1. The lowest BCUT2D eigenvalue weighted by Gasteiger charge is -2.12. The average molecular weight is 480 g/mol. The molecular weight excluding hydrogens is 456 g/mol. The lowest BCUT2D eigenvalue weighted by atomic mass is 10.1. The number of aromatic nitrogens is 3. The molecule has 34 heavy (non-hydrogen) atoms. The van der Waals surface area contributed by atoms with Crippen molar-refractivity contribution in [2.24, 2.45) is 0 Å². The Morgan fingerprint density at radius 1 is 1.00 bits per heavy atom. The molecule has 0 aliphatic rings. The summed E-state index contributed by atoms with van der Waals surface area (Å²) >= 11 is 1.55. The van der Waals surface area contributed by atoms with Gasteiger partial charge in [-0.1, -0.05) is 53.7 Å². The van der Waals surface area contributed by atoms with Crippen molar-refractivity contribution in [3.05, 3.63) is 101 Å². The van der Waals surface area contributed by atoms with Crippen LogP contribution in [0.15, 0.2) is 71.9 Å². The first-order valence-electron chi connectivity index (χ1n) is 10.6. The van der Waals surface area contributed by atoms with E-state index in [0.717, 1.165) is 17.3 Å². The van der Waals surface area contributed by atoms with Crippen molar-refractivity contribution in [2.75, 3.05) is 5.32 Å². The molecule has 0 saturated heterocycles. The van der Waals surface area contributed by atoms with Crippen molar-refractivity contribution in [3.8, 4) is 5.69 Å². The number of nitrogens with one attached hydrogen (secondary N) is 2. The molecule has 0 bridgehead atoms. The van der Waals surface area contributed by atoms with Crippen LogP contribution >= 0.6 is 11.8 Å². The molecule has 4 rings (SSSR count). The Hall–Kier alpha value is -3.72. The molecule has 6 nitrogen and oxygen atoms in total. The summed E-state index contributed by atoms with van der Waals surface area (Å²) in [5.74, 6) is -0.335. The van der Waals surface area contributed by atoms with Gasteiger partial charge in [-0.2, -0.15) is 0 Å². The maximum atomic E-state index is 13.8. The fourth-order valence-corrected chi connectivity index (χ4v) is 4.34. The Balaban J connectivity index is 1.52. The summed E-state index contributed by atoms with van der Waals surface area (Å²) in [6, 6.07) is 18.4. The first-order chi connectivity index (χ1) is 16.4. The maximum absolute atomic E-state index is 13.8. The number of rotatable bonds is 7. The number of aryl methyl sites for hydroxylation is 2. The van der Waals surface area contributed by atoms with Crippen molar-refractivity contribution < 1.29 is 13.6 Å². The Labute approximate surface area is 200 Å². The quantitative estimate of drug-likeness (QED) is 0.330. The van der Waals surface area contributed by atoms with Gasteiger partial charge in [0, 0.05) is 17.5 Å². The van der Waals surface area contributed by atoms with E-state index in [1.807, 2.05) is 47.9 Å². The van der Waals surface area contributed by atoms with E-state index >= 15 is 0 Å². The smallest absolute Gasteiger partial charge is 0.319 e. The normalized spacial score (nSPS) is 10.8. The first kappa shape index (κ1) is 23.4. The van der Waals surface area contributed by atoms with Crippen molar-refractivity contribution in [1.29, 1.82) is 0 Å². The second-order valence-corrected chi connectivity index (χ2v) is 8.66. The second-order valence-electron chi connectivity index (χ2n) is 7.72. The van der Waals surface area contributed by atoms with Crippen molar-refractivity contribution >= 4 is 23.5 Å². The second kappa shape index (κ2) is 10.5. The number of carbonyl (C=O) groups is 1. The number of hydrogen-bond donors (Lipinski definition) is 2. The summed E-state index contributed by atoms with van der Waals surface area (Å²) in [6.07, 6.45) is 0. The van der Waals surface area contributed by atoms with Gasteiger partial charge in [-0.25, -0.2) is 13.6 Å². The zero-order valence-corrected chi connectivity index (χ0v) is 19.5. The van der Waals surface area contributed by atoms with E-state index in [1.165, 1.54) is 17.2 Å². The fourth-order valence-electron chi connectivity index (χ4n) is 3.29. The minimum absolute atomic E-state index is 0.0560. The Morgan fingerprint density at radius 3 is 2.50 bits per heavy atom. The van der Waals surface area contributed by atoms with Gasteiger partial charge in [-0.05, 0) is 49.2 Å². The third kappa shape index (κ3) is 5.60. The zero-order chi connectivity index (χ0) is 24.1. The molecule has 0 spiro atoms. The summed E-state index contributed by atoms with van der Waals surface area (Å²) in [5, 5.41) is 14.4. The molecule has 0 aliphatic carbocycles. The van der Waals surface area contributed by atoms with Crippen LogP contribution in [0.4, 0.5) is 19.3 Å². The van der Waals surface area contributed by atoms with Crippen LogP contribution in [0.2, 0.25) is 0 Å². The topological polar surface area (TPSA) is 71.8 Å². The molecule has 0 fully saturated rings. The van der Waals surface area contributed by atoms with Crippen LogP contribution in [0.1, 0.15) is 22.5 Å². The monoisotopic (exact) mass is 479 g/mol. The van der Waals surface area contributed by atoms with Gasteiger partial charge in [-0.3, -0.25) is 4.57 Å². The number of anilines is 1. The number of benzene rings is 3. The van der Waals surface area contributed by atoms with Gasteiger partial charge < -0.3 is 10.6 Å². The number of urea groups is 1. The van der Waals surface area contributed by atoms with Crippen molar-refractivity contribution in [2.45, 2.75) is 31.3 Å². The zero-order valence-electron chi connectivity index (χ0n) is 18.7. The molecule has 1 heterocycles. The summed E-state index contributed by atoms with van der Waals surface area (Å²) in [5.41, 5.74) is 4.26. The van der Waals surface area contributed by atoms with E-state index in [1.54, 1.807) is 11.8 Å². The Bertz CT molecular complexity index is 1310. The van der Waals surface area contributed by atoms with E-state index in [2.05, 4.69) is 39.9 Å². The van der Waals surface area contributed by atoms with Crippen molar-refractivity contribution in [3.63, 3.8) is 0 Å². The molecule has 0 saturated carbocycles. The van der Waals surface area contributed by atoms with Gasteiger partial charge in [0.2, 0.25) is 0 Å². The minimum atomic E-state index is -0.854. The summed E-state index contributed by atoms with van der Waals surface area (Å²) < 4.78 is 28.8. The molecule has 0 radical (unpaired) electrons. The minimum Gasteiger partial charge on any atom is -0.331 e. The van der Waals surface area contributed by atoms with E-state index in [-0.39, 0.29) is 12.2 Å². The molecule has 4 aromatic rings. The van der Waals surface area contributed by atoms with Gasteiger partial charge in [0.15, 0.2) is 11.0 Å².